The molecule has 2 rings (SSSR count). The minimum absolute atomic E-state index is 0.00725. The van der Waals surface area contributed by atoms with Crippen LogP contribution in [0.25, 0.3) is 0 Å². The lowest BCUT2D eigenvalue weighted by Crippen LogP contribution is -2.14. The second kappa shape index (κ2) is 11.4. The van der Waals surface area contributed by atoms with Gasteiger partial charge in [-0.2, -0.15) is 0 Å². The number of benzene rings is 2. The van der Waals surface area contributed by atoms with Crippen LogP contribution in [0.15, 0.2) is 67.3 Å². The van der Waals surface area contributed by atoms with E-state index >= 15 is 0 Å². The van der Waals surface area contributed by atoms with Crippen LogP contribution in [0.2, 0.25) is 0 Å². The average molecular weight is 357 g/mol. The van der Waals surface area contributed by atoms with Gasteiger partial charge in [-0.1, -0.05) is 54.6 Å². The Morgan fingerprint density at radius 2 is 1.62 bits per heavy atom. The maximum absolute atomic E-state index is 9.10. The van der Waals surface area contributed by atoms with Gasteiger partial charge in [-0.3, -0.25) is 0 Å². The first-order chi connectivity index (χ1) is 12.5. The lowest BCUT2D eigenvalue weighted by atomic mass is 10.1. The van der Waals surface area contributed by atoms with Gasteiger partial charge >= 0.3 is 11.9 Å². The van der Waals surface area contributed by atoms with Crippen molar-refractivity contribution in [2.45, 2.75) is 18.9 Å². The van der Waals surface area contributed by atoms with Gasteiger partial charge in [0.2, 0.25) is 0 Å². The van der Waals surface area contributed by atoms with E-state index in [1.165, 1.54) is 0 Å². The minimum Gasteiger partial charge on any atom is -0.485 e. The topological polar surface area (TPSA) is 110 Å². The number of hydrogen-bond acceptors (Lipinski definition) is 4. The molecular formula is C20H23NO5. The second-order valence-electron chi connectivity index (χ2n) is 5.31. The zero-order valence-corrected chi connectivity index (χ0v) is 14.4. The number of carboxylic acid groups (broad SMARTS) is 2. The summed E-state index contributed by atoms with van der Waals surface area (Å²) in [6, 6.07) is 18.3. The fourth-order valence-electron chi connectivity index (χ4n) is 2.21. The Morgan fingerprint density at radius 1 is 1.04 bits per heavy atom. The molecule has 0 aliphatic carbocycles. The standard InChI is InChI=1S/C18H21NO.C2H2O4/c1-2-8-15-11-6-7-12-17(15)20-18(13-14-19)16-9-4-3-5-10-16;3-1(4)2(5)6/h2-7,9-12,18H,1,8,13-14,19H2;(H,3,4)(H,5,6). The number of hydrogen-bond donors (Lipinski definition) is 3. The Bertz CT molecular complexity index is 703. The van der Waals surface area contributed by atoms with Crippen LogP contribution in [-0.4, -0.2) is 28.7 Å². The summed E-state index contributed by atoms with van der Waals surface area (Å²) in [4.78, 5) is 18.2. The van der Waals surface area contributed by atoms with Crippen LogP contribution in [0, 0.1) is 0 Å². The van der Waals surface area contributed by atoms with Crippen LogP contribution >= 0.6 is 0 Å². The third kappa shape index (κ3) is 7.19. The summed E-state index contributed by atoms with van der Waals surface area (Å²) in [5.41, 5.74) is 8.03. The molecule has 1 atom stereocenters. The van der Waals surface area contributed by atoms with Crippen LogP contribution in [0.5, 0.6) is 5.75 Å². The highest BCUT2D eigenvalue weighted by Gasteiger charge is 2.13. The largest absolute Gasteiger partial charge is 0.485 e. The first-order valence-corrected chi connectivity index (χ1v) is 8.06. The third-order valence-electron chi connectivity index (χ3n) is 3.39. The monoisotopic (exact) mass is 357 g/mol. The van der Waals surface area contributed by atoms with Gasteiger partial charge in [0, 0.05) is 6.42 Å². The van der Waals surface area contributed by atoms with Crippen molar-refractivity contribution in [2.24, 2.45) is 5.73 Å². The molecule has 0 aliphatic heterocycles. The summed E-state index contributed by atoms with van der Waals surface area (Å²) in [5, 5.41) is 14.8. The molecule has 0 spiro atoms. The Hall–Kier alpha value is -3.12. The van der Waals surface area contributed by atoms with Crippen molar-refractivity contribution in [1.29, 1.82) is 0 Å². The smallest absolute Gasteiger partial charge is 0.414 e. The maximum atomic E-state index is 9.10. The van der Waals surface area contributed by atoms with E-state index < -0.39 is 11.9 Å². The van der Waals surface area contributed by atoms with Gasteiger partial charge in [0.15, 0.2) is 0 Å². The molecule has 4 N–H and O–H groups in total. The predicted molar refractivity (Wildman–Crippen MR) is 99.1 cm³/mol. The number of ether oxygens (including phenoxy) is 1. The van der Waals surface area contributed by atoms with Crippen LogP contribution in [0.4, 0.5) is 0 Å². The minimum atomic E-state index is -1.82. The highest BCUT2D eigenvalue weighted by molar-refractivity contribution is 6.27. The van der Waals surface area contributed by atoms with Gasteiger partial charge in [-0.05, 0) is 30.2 Å². The highest BCUT2D eigenvalue weighted by atomic mass is 16.5. The number of nitrogens with two attached hydrogens (primary N) is 1. The van der Waals surface area contributed by atoms with E-state index in [1.54, 1.807) is 0 Å². The molecule has 26 heavy (non-hydrogen) atoms. The third-order valence-corrected chi connectivity index (χ3v) is 3.39. The summed E-state index contributed by atoms with van der Waals surface area (Å²) < 4.78 is 6.20. The zero-order chi connectivity index (χ0) is 19.4. The molecular weight excluding hydrogens is 334 g/mol. The number of carboxylic acids is 2. The van der Waals surface area contributed by atoms with Gasteiger partial charge in [0.25, 0.3) is 0 Å². The summed E-state index contributed by atoms with van der Waals surface area (Å²) in [5.74, 6) is -2.74. The molecule has 2 aromatic carbocycles. The molecule has 0 saturated carbocycles. The Balaban J connectivity index is 0.000000487. The predicted octanol–water partition coefficient (Wildman–Crippen LogP) is 3.04. The van der Waals surface area contributed by atoms with E-state index in [1.807, 2.05) is 42.5 Å². The van der Waals surface area contributed by atoms with Gasteiger partial charge in [0.1, 0.15) is 11.9 Å². The highest BCUT2D eigenvalue weighted by Crippen LogP contribution is 2.27. The first kappa shape index (κ1) is 20.9. The molecule has 0 fully saturated rings. The van der Waals surface area contributed by atoms with E-state index in [-0.39, 0.29) is 6.10 Å². The number of para-hydroxylation sites is 1. The van der Waals surface area contributed by atoms with Gasteiger partial charge in [-0.25, -0.2) is 9.59 Å². The van der Waals surface area contributed by atoms with Gasteiger partial charge in [-0.15, -0.1) is 6.58 Å². The Kier molecular flexibility index (Phi) is 9.20. The maximum Gasteiger partial charge on any atom is 0.414 e. The average Bonchev–Trinajstić information content (AvgIpc) is 2.64. The van der Waals surface area contributed by atoms with E-state index in [0.717, 1.165) is 29.7 Å². The van der Waals surface area contributed by atoms with Crippen molar-refractivity contribution < 1.29 is 24.5 Å². The van der Waals surface area contributed by atoms with Crippen LogP contribution in [0.1, 0.15) is 23.7 Å². The summed E-state index contributed by atoms with van der Waals surface area (Å²) >= 11 is 0. The molecule has 1 unspecified atom stereocenters. The molecule has 0 bridgehead atoms. The lowest BCUT2D eigenvalue weighted by Gasteiger charge is -2.20. The Labute approximate surface area is 152 Å². The quantitative estimate of drug-likeness (QED) is 0.519. The van der Waals surface area contributed by atoms with Gasteiger partial charge < -0.3 is 20.7 Å². The molecule has 6 heteroatoms. The normalized spacial score (nSPS) is 10.8. The molecule has 138 valence electrons. The number of rotatable bonds is 7. The van der Waals surface area contributed by atoms with Crippen LogP contribution in [0.3, 0.4) is 0 Å². The van der Waals surface area contributed by atoms with Crippen molar-refractivity contribution in [2.75, 3.05) is 6.54 Å². The van der Waals surface area contributed by atoms with Crippen molar-refractivity contribution >= 4 is 11.9 Å². The zero-order valence-electron chi connectivity index (χ0n) is 14.4. The molecule has 0 radical (unpaired) electrons. The van der Waals surface area contributed by atoms with Crippen molar-refractivity contribution in [3.8, 4) is 5.75 Å². The van der Waals surface area contributed by atoms with E-state index in [4.69, 9.17) is 30.3 Å². The first-order valence-electron chi connectivity index (χ1n) is 8.06. The van der Waals surface area contributed by atoms with Crippen LogP contribution in [-0.2, 0) is 16.0 Å². The SMILES string of the molecule is C=CCc1ccccc1OC(CCN)c1ccccc1.O=C(O)C(=O)O. The van der Waals surface area contributed by atoms with Gasteiger partial charge in [0.05, 0.1) is 0 Å². The molecule has 0 heterocycles. The fraction of sp³-hybridized carbons (Fsp3) is 0.200. The van der Waals surface area contributed by atoms with Crippen molar-refractivity contribution in [1.82, 2.24) is 0 Å². The van der Waals surface area contributed by atoms with Crippen molar-refractivity contribution in [3.63, 3.8) is 0 Å². The fourth-order valence-corrected chi connectivity index (χ4v) is 2.21. The number of aliphatic carboxylic acids is 2. The summed E-state index contributed by atoms with van der Waals surface area (Å²) in [6.07, 6.45) is 3.49. The van der Waals surface area contributed by atoms with E-state index in [2.05, 4.69) is 24.8 Å². The van der Waals surface area contributed by atoms with E-state index in [9.17, 15) is 0 Å². The molecule has 0 aromatic heterocycles. The summed E-state index contributed by atoms with van der Waals surface area (Å²) in [7, 11) is 0. The van der Waals surface area contributed by atoms with Crippen molar-refractivity contribution in [3.05, 3.63) is 78.4 Å². The molecule has 2 aromatic rings. The van der Waals surface area contributed by atoms with E-state index in [0.29, 0.717) is 6.54 Å². The number of carbonyl (C=O) groups is 2. The second-order valence-corrected chi connectivity index (χ2v) is 5.31. The molecule has 0 aliphatic rings. The molecule has 6 nitrogen and oxygen atoms in total. The Morgan fingerprint density at radius 3 is 2.15 bits per heavy atom. The summed E-state index contributed by atoms with van der Waals surface area (Å²) in [6.45, 7) is 4.40. The molecule has 0 amide bonds. The van der Waals surface area contributed by atoms with Crippen LogP contribution < -0.4 is 10.5 Å². The lowest BCUT2D eigenvalue weighted by molar-refractivity contribution is -0.159. The number of allylic oxidation sites excluding steroid dienone is 1. The molecule has 0 saturated heterocycles.